The van der Waals surface area contributed by atoms with Crippen molar-refractivity contribution in [3.63, 3.8) is 0 Å². The van der Waals surface area contributed by atoms with Crippen LogP contribution in [0.15, 0.2) is 107 Å². The van der Waals surface area contributed by atoms with Gasteiger partial charge in [0.2, 0.25) is 0 Å². The number of allylic oxidation sites excluding steroid dienone is 4. The summed E-state index contributed by atoms with van der Waals surface area (Å²) in [6, 6.07) is 32.5. The fraction of sp³-hybridized carbons (Fsp3) is 0.120. The first-order valence-corrected chi connectivity index (χ1v) is 9.81. The Kier molecular flexibility index (Phi) is 9.95. The van der Waals surface area contributed by atoms with E-state index >= 15 is 0 Å². The van der Waals surface area contributed by atoms with Gasteiger partial charge in [-0.05, 0) is 0 Å². The molecular weight excluding hydrogens is 455 g/mol. The summed E-state index contributed by atoms with van der Waals surface area (Å²) in [5, 5.41) is 0. The summed E-state index contributed by atoms with van der Waals surface area (Å²) in [6.45, 7) is 2.37. The van der Waals surface area contributed by atoms with Crippen LogP contribution >= 0.6 is 0 Å². The molecule has 0 heterocycles. The first-order chi connectivity index (χ1) is 12.7. The maximum Gasteiger partial charge on any atom is -1.00 e. The Hall–Kier alpha value is -1.28. The van der Waals surface area contributed by atoms with Gasteiger partial charge in [-0.3, -0.25) is 0 Å². The Balaban J connectivity index is 0.00000140. The van der Waals surface area contributed by atoms with Crippen LogP contribution in [-0.4, -0.2) is 0 Å². The molecular formula is C25H21Cl3Ti. The van der Waals surface area contributed by atoms with Gasteiger partial charge >= 0.3 is 168 Å². The van der Waals surface area contributed by atoms with E-state index in [0.29, 0.717) is 0 Å². The van der Waals surface area contributed by atoms with Gasteiger partial charge in [0.25, 0.3) is 0 Å². The molecule has 4 heteroatoms. The van der Waals surface area contributed by atoms with Crippen LogP contribution in [0.1, 0.15) is 30.0 Å². The maximum atomic E-state index is 2.39. The quantitative estimate of drug-likeness (QED) is 0.360. The Morgan fingerprint density at radius 3 is 1.52 bits per heavy atom. The minimum Gasteiger partial charge on any atom is -1.00 e. The van der Waals surface area contributed by atoms with Crippen LogP contribution in [0.2, 0.25) is 0 Å². The van der Waals surface area contributed by atoms with Crippen LogP contribution in [0.25, 0.3) is 5.57 Å². The molecule has 4 rings (SSSR count). The Morgan fingerprint density at radius 2 is 1.07 bits per heavy atom. The summed E-state index contributed by atoms with van der Waals surface area (Å²) in [7, 11) is 0. The van der Waals surface area contributed by atoms with Crippen molar-refractivity contribution in [3.05, 3.63) is 123 Å². The molecule has 0 N–H and O–H groups in total. The third kappa shape index (κ3) is 4.90. The SMILES string of the molecule is CC(C1=[C]([Ti+3])C(c2ccccc2)=CC1)(c1ccccc1)c1ccccc1.[Cl-].[Cl-].[Cl-]. The van der Waals surface area contributed by atoms with Crippen LogP contribution < -0.4 is 37.2 Å². The van der Waals surface area contributed by atoms with Crippen LogP contribution in [-0.2, 0) is 25.9 Å². The van der Waals surface area contributed by atoms with Crippen LogP contribution in [0.4, 0.5) is 0 Å². The molecule has 0 amide bonds. The molecule has 0 saturated heterocycles. The standard InChI is InChI=1S/C25H21.3ClH.Ti/c1-25(22-13-7-3-8-14-22,23-15-9-4-10-16-23)24-18-17-21(19-24)20-11-5-2-6-12-20;;;;/h2-17H,18H2,1H3;3*1H;/q;;;;+3/p-3. The van der Waals surface area contributed by atoms with Crippen molar-refractivity contribution >= 4 is 5.57 Å². The van der Waals surface area contributed by atoms with E-state index in [9.17, 15) is 0 Å². The first kappa shape index (κ1) is 25.8. The molecule has 0 nitrogen and oxygen atoms in total. The zero-order chi connectivity index (χ0) is 18.0. The Labute approximate surface area is 204 Å². The van der Waals surface area contributed by atoms with Gasteiger partial charge < -0.3 is 37.2 Å². The summed E-state index contributed by atoms with van der Waals surface area (Å²) >= 11 is 2.28. The van der Waals surface area contributed by atoms with Gasteiger partial charge in [0.1, 0.15) is 0 Å². The molecule has 146 valence electrons. The van der Waals surface area contributed by atoms with Crippen molar-refractivity contribution in [1.29, 1.82) is 0 Å². The third-order valence-corrected chi connectivity index (χ3v) is 6.36. The molecule has 3 aromatic carbocycles. The van der Waals surface area contributed by atoms with Gasteiger partial charge in [0.05, 0.1) is 0 Å². The Bertz CT molecular complexity index is 925. The minimum atomic E-state index is -0.125. The number of benzene rings is 3. The van der Waals surface area contributed by atoms with Gasteiger partial charge in [0, 0.05) is 0 Å². The van der Waals surface area contributed by atoms with Gasteiger partial charge in [0.15, 0.2) is 0 Å². The smallest absolute Gasteiger partial charge is 1.00 e. The number of halogens is 3. The number of rotatable bonds is 4. The average molecular weight is 476 g/mol. The fourth-order valence-corrected chi connectivity index (χ4v) is 4.90. The molecule has 0 fully saturated rings. The molecule has 0 saturated carbocycles. The van der Waals surface area contributed by atoms with Crippen LogP contribution in [0.5, 0.6) is 0 Å². The molecule has 0 unspecified atom stereocenters. The second-order valence-electron chi connectivity index (χ2n) is 6.90. The predicted molar refractivity (Wildman–Crippen MR) is 105 cm³/mol. The van der Waals surface area contributed by atoms with E-state index in [1.807, 2.05) is 0 Å². The minimum absolute atomic E-state index is 0. The summed E-state index contributed by atoms with van der Waals surface area (Å²) in [5.41, 5.74) is 6.75. The van der Waals surface area contributed by atoms with E-state index in [1.54, 1.807) is 0 Å². The summed E-state index contributed by atoms with van der Waals surface area (Å²) in [5.74, 6) is 0. The van der Waals surface area contributed by atoms with Crippen molar-refractivity contribution in [2.45, 2.75) is 18.8 Å². The van der Waals surface area contributed by atoms with Gasteiger partial charge in [-0.15, -0.1) is 0 Å². The van der Waals surface area contributed by atoms with Crippen LogP contribution in [0.3, 0.4) is 0 Å². The van der Waals surface area contributed by atoms with Gasteiger partial charge in [-0.2, -0.15) is 0 Å². The second-order valence-corrected chi connectivity index (χ2v) is 7.68. The monoisotopic (exact) mass is 474 g/mol. The average Bonchev–Trinajstić information content (AvgIpc) is 3.11. The first-order valence-electron chi connectivity index (χ1n) is 9.03. The molecule has 0 spiro atoms. The number of hydrogen-bond acceptors (Lipinski definition) is 0. The molecule has 0 aromatic heterocycles. The van der Waals surface area contributed by atoms with E-state index in [0.717, 1.165) is 6.42 Å². The van der Waals surface area contributed by atoms with Crippen molar-refractivity contribution in [2.75, 3.05) is 0 Å². The zero-order valence-electron chi connectivity index (χ0n) is 16.1. The zero-order valence-corrected chi connectivity index (χ0v) is 19.9. The van der Waals surface area contributed by atoms with Crippen molar-refractivity contribution in [1.82, 2.24) is 0 Å². The molecule has 29 heavy (non-hydrogen) atoms. The topological polar surface area (TPSA) is 0 Å². The summed E-state index contributed by atoms with van der Waals surface area (Å²) in [6.07, 6.45) is 3.39. The maximum absolute atomic E-state index is 2.39. The normalized spacial score (nSPS) is 13.0. The van der Waals surface area contributed by atoms with E-state index in [1.165, 1.54) is 31.7 Å². The van der Waals surface area contributed by atoms with E-state index in [2.05, 4.69) is 124 Å². The summed E-state index contributed by atoms with van der Waals surface area (Å²) in [4.78, 5) is 0. The molecule has 0 bridgehead atoms. The molecule has 0 atom stereocenters. The van der Waals surface area contributed by atoms with E-state index < -0.39 is 0 Å². The van der Waals surface area contributed by atoms with E-state index in [4.69, 9.17) is 0 Å². The summed E-state index contributed by atoms with van der Waals surface area (Å²) < 4.78 is 1.41. The Morgan fingerprint density at radius 1 is 0.655 bits per heavy atom. The van der Waals surface area contributed by atoms with Crippen molar-refractivity contribution in [2.24, 2.45) is 0 Å². The molecule has 0 radical (unpaired) electrons. The fourth-order valence-electron chi connectivity index (χ4n) is 3.96. The van der Waals surface area contributed by atoms with Crippen molar-refractivity contribution < 1.29 is 57.7 Å². The predicted octanol–water partition coefficient (Wildman–Crippen LogP) is -2.71. The van der Waals surface area contributed by atoms with Gasteiger partial charge in [-0.25, -0.2) is 0 Å². The molecule has 1 aliphatic rings. The second kappa shape index (κ2) is 11.2. The van der Waals surface area contributed by atoms with Gasteiger partial charge in [-0.1, -0.05) is 0 Å². The van der Waals surface area contributed by atoms with E-state index in [-0.39, 0.29) is 42.6 Å². The third-order valence-electron chi connectivity index (χ3n) is 5.47. The largest absolute Gasteiger partial charge is 1.00 e. The van der Waals surface area contributed by atoms with Crippen LogP contribution in [0, 0.1) is 0 Å². The molecule has 1 aliphatic carbocycles. The molecule has 0 aliphatic heterocycles. The van der Waals surface area contributed by atoms with Crippen molar-refractivity contribution in [3.8, 4) is 0 Å². The number of hydrogen-bond donors (Lipinski definition) is 0. The molecule has 3 aromatic rings.